The highest BCUT2D eigenvalue weighted by molar-refractivity contribution is 7.99. The van der Waals surface area contributed by atoms with Crippen LogP contribution in [-0.2, 0) is 6.54 Å². The van der Waals surface area contributed by atoms with Crippen LogP contribution in [0.25, 0.3) is 0 Å². The fraction of sp³-hybridized carbons (Fsp3) is 0.769. The molecule has 96 valence electrons. The van der Waals surface area contributed by atoms with Gasteiger partial charge in [-0.05, 0) is 30.6 Å². The number of rotatable bonds is 5. The molecule has 2 heterocycles. The minimum atomic E-state index is 0.459. The average molecular weight is 253 g/mol. The summed E-state index contributed by atoms with van der Waals surface area (Å²) in [5, 5.41) is 3.72. The highest BCUT2D eigenvalue weighted by atomic mass is 32.2. The van der Waals surface area contributed by atoms with E-state index < -0.39 is 0 Å². The van der Waals surface area contributed by atoms with Crippen molar-refractivity contribution < 1.29 is 0 Å². The summed E-state index contributed by atoms with van der Waals surface area (Å²) in [4.78, 5) is 4.05. The van der Waals surface area contributed by atoms with Gasteiger partial charge in [-0.2, -0.15) is 11.8 Å². The van der Waals surface area contributed by atoms with Crippen molar-refractivity contribution in [2.75, 3.05) is 18.1 Å². The largest absolute Gasteiger partial charge is 0.337 e. The van der Waals surface area contributed by atoms with E-state index in [-0.39, 0.29) is 0 Å². The lowest BCUT2D eigenvalue weighted by Gasteiger charge is -2.39. The van der Waals surface area contributed by atoms with Gasteiger partial charge in [-0.3, -0.25) is 0 Å². The predicted octanol–water partition coefficient (Wildman–Crippen LogP) is 2.39. The zero-order valence-corrected chi connectivity index (χ0v) is 11.7. The summed E-state index contributed by atoms with van der Waals surface area (Å²) < 4.78 is 2.14. The van der Waals surface area contributed by atoms with Gasteiger partial charge < -0.3 is 9.88 Å². The van der Waals surface area contributed by atoms with Gasteiger partial charge in [0.05, 0.1) is 6.33 Å². The van der Waals surface area contributed by atoms with E-state index in [0.29, 0.717) is 11.5 Å². The van der Waals surface area contributed by atoms with Gasteiger partial charge in [0, 0.05) is 30.7 Å². The Balaban J connectivity index is 1.67. The molecule has 1 saturated heterocycles. The average Bonchev–Trinajstić information content (AvgIpc) is 2.79. The standard InChI is InChI=1S/C13H23N3S/c1-13(2)4-9-17-10-12(13)15-5-3-7-16-8-6-14-11-16/h6,8,11-12,15H,3-5,7,9-10H2,1-2H3. The molecule has 1 aromatic rings. The summed E-state index contributed by atoms with van der Waals surface area (Å²) in [6.45, 7) is 6.95. The Morgan fingerprint density at radius 3 is 3.12 bits per heavy atom. The molecule has 1 atom stereocenters. The summed E-state index contributed by atoms with van der Waals surface area (Å²) in [6.07, 6.45) is 8.26. The molecular weight excluding hydrogens is 230 g/mol. The Morgan fingerprint density at radius 2 is 2.41 bits per heavy atom. The third kappa shape index (κ3) is 3.75. The zero-order valence-electron chi connectivity index (χ0n) is 10.9. The SMILES string of the molecule is CC1(C)CCSCC1NCCCn1ccnc1. The Labute approximate surface area is 108 Å². The van der Waals surface area contributed by atoms with Crippen LogP contribution in [-0.4, -0.2) is 33.6 Å². The fourth-order valence-electron chi connectivity index (χ4n) is 2.23. The molecule has 4 heteroatoms. The monoisotopic (exact) mass is 253 g/mol. The molecule has 3 nitrogen and oxygen atoms in total. The maximum Gasteiger partial charge on any atom is 0.0945 e. The van der Waals surface area contributed by atoms with E-state index in [1.54, 1.807) is 0 Å². The quantitative estimate of drug-likeness (QED) is 0.817. The Hall–Kier alpha value is -0.480. The van der Waals surface area contributed by atoms with E-state index in [0.717, 1.165) is 13.1 Å². The maximum absolute atomic E-state index is 4.05. The van der Waals surface area contributed by atoms with Crippen molar-refractivity contribution in [3.8, 4) is 0 Å². The van der Waals surface area contributed by atoms with Gasteiger partial charge in [-0.1, -0.05) is 13.8 Å². The number of imidazole rings is 1. The molecule has 0 spiro atoms. The molecule has 0 radical (unpaired) electrons. The van der Waals surface area contributed by atoms with Gasteiger partial charge in [0.2, 0.25) is 0 Å². The highest BCUT2D eigenvalue weighted by Gasteiger charge is 2.31. The number of nitrogens with one attached hydrogen (secondary N) is 1. The molecule has 1 aliphatic heterocycles. The Bertz CT molecular complexity index is 321. The zero-order chi connectivity index (χ0) is 12.1. The van der Waals surface area contributed by atoms with Crippen LogP contribution in [0.4, 0.5) is 0 Å². The molecule has 0 amide bonds. The minimum Gasteiger partial charge on any atom is -0.337 e. The number of hydrogen-bond acceptors (Lipinski definition) is 3. The number of thioether (sulfide) groups is 1. The second kappa shape index (κ2) is 5.91. The van der Waals surface area contributed by atoms with Gasteiger partial charge in [0.15, 0.2) is 0 Å². The molecule has 1 N–H and O–H groups in total. The van der Waals surface area contributed by atoms with E-state index in [9.17, 15) is 0 Å². The van der Waals surface area contributed by atoms with Crippen molar-refractivity contribution >= 4 is 11.8 Å². The lowest BCUT2D eigenvalue weighted by molar-refractivity contribution is 0.245. The van der Waals surface area contributed by atoms with Crippen molar-refractivity contribution in [3.05, 3.63) is 18.7 Å². The fourth-order valence-corrected chi connectivity index (χ4v) is 3.87. The second-order valence-corrected chi connectivity index (χ2v) is 6.62. The first-order valence-electron chi connectivity index (χ1n) is 6.45. The van der Waals surface area contributed by atoms with Crippen molar-refractivity contribution in [3.63, 3.8) is 0 Å². The first-order valence-corrected chi connectivity index (χ1v) is 7.61. The van der Waals surface area contributed by atoms with Crippen LogP contribution in [0, 0.1) is 5.41 Å². The van der Waals surface area contributed by atoms with Crippen LogP contribution < -0.4 is 5.32 Å². The summed E-state index contributed by atoms with van der Waals surface area (Å²) in [6, 6.07) is 0.670. The molecule has 0 bridgehead atoms. The molecule has 1 aromatic heterocycles. The number of nitrogens with zero attached hydrogens (tertiary/aromatic N) is 2. The molecule has 1 fully saturated rings. The molecule has 1 aliphatic rings. The van der Waals surface area contributed by atoms with Gasteiger partial charge >= 0.3 is 0 Å². The Morgan fingerprint density at radius 1 is 1.53 bits per heavy atom. The number of aromatic nitrogens is 2. The van der Waals surface area contributed by atoms with Gasteiger partial charge in [0.25, 0.3) is 0 Å². The summed E-state index contributed by atoms with van der Waals surface area (Å²) in [5.74, 6) is 2.58. The molecule has 0 aliphatic carbocycles. The van der Waals surface area contributed by atoms with E-state index >= 15 is 0 Å². The molecule has 2 rings (SSSR count). The van der Waals surface area contributed by atoms with Crippen LogP contribution in [0.2, 0.25) is 0 Å². The van der Waals surface area contributed by atoms with Crippen LogP contribution >= 0.6 is 11.8 Å². The third-order valence-corrected chi connectivity index (χ3v) is 4.72. The molecule has 17 heavy (non-hydrogen) atoms. The van der Waals surface area contributed by atoms with Gasteiger partial charge in [-0.15, -0.1) is 0 Å². The van der Waals surface area contributed by atoms with E-state index in [2.05, 4.69) is 40.5 Å². The second-order valence-electron chi connectivity index (χ2n) is 5.47. The molecule has 0 aromatic carbocycles. The van der Waals surface area contributed by atoms with Crippen LogP contribution in [0.5, 0.6) is 0 Å². The molecule has 0 saturated carbocycles. The molecule has 1 unspecified atom stereocenters. The topological polar surface area (TPSA) is 29.9 Å². The number of hydrogen-bond donors (Lipinski definition) is 1. The smallest absolute Gasteiger partial charge is 0.0945 e. The van der Waals surface area contributed by atoms with Crippen molar-refractivity contribution in [1.82, 2.24) is 14.9 Å². The van der Waals surface area contributed by atoms with E-state index in [1.165, 1.54) is 24.3 Å². The van der Waals surface area contributed by atoms with Crippen LogP contribution in [0.15, 0.2) is 18.7 Å². The maximum atomic E-state index is 4.05. The first kappa shape index (κ1) is 13.0. The third-order valence-electron chi connectivity index (χ3n) is 3.66. The van der Waals surface area contributed by atoms with E-state index in [1.807, 2.05) is 18.7 Å². The Kier molecular flexibility index (Phi) is 4.51. The van der Waals surface area contributed by atoms with E-state index in [4.69, 9.17) is 0 Å². The lowest BCUT2D eigenvalue weighted by atomic mass is 9.82. The summed E-state index contributed by atoms with van der Waals surface area (Å²) in [7, 11) is 0. The molecular formula is C13H23N3S. The summed E-state index contributed by atoms with van der Waals surface area (Å²) >= 11 is 2.08. The van der Waals surface area contributed by atoms with Crippen LogP contribution in [0.3, 0.4) is 0 Å². The highest BCUT2D eigenvalue weighted by Crippen LogP contribution is 2.33. The van der Waals surface area contributed by atoms with Crippen LogP contribution in [0.1, 0.15) is 26.7 Å². The van der Waals surface area contributed by atoms with Crippen molar-refractivity contribution in [2.45, 2.75) is 39.3 Å². The van der Waals surface area contributed by atoms with Crippen molar-refractivity contribution in [2.24, 2.45) is 5.41 Å². The minimum absolute atomic E-state index is 0.459. The summed E-state index contributed by atoms with van der Waals surface area (Å²) in [5.41, 5.74) is 0.459. The van der Waals surface area contributed by atoms with Gasteiger partial charge in [0.1, 0.15) is 0 Å². The predicted molar refractivity (Wildman–Crippen MR) is 74.4 cm³/mol. The first-order chi connectivity index (χ1) is 8.18. The normalized spacial score (nSPS) is 23.8. The lowest BCUT2D eigenvalue weighted by Crippen LogP contribution is -2.47. The van der Waals surface area contributed by atoms with Gasteiger partial charge in [-0.25, -0.2) is 4.98 Å². The van der Waals surface area contributed by atoms with Crippen molar-refractivity contribution in [1.29, 1.82) is 0 Å². The number of aryl methyl sites for hydroxylation is 1.